The van der Waals surface area contributed by atoms with Gasteiger partial charge in [0.15, 0.2) is 0 Å². The summed E-state index contributed by atoms with van der Waals surface area (Å²) in [7, 11) is 0. The molecule has 3 aromatic carbocycles. The third kappa shape index (κ3) is 4.88. The number of carbonyl (C=O) groups is 1. The molecule has 0 heterocycles. The molecular weight excluding hydrogens is 330 g/mol. The van der Waals surface area contributed by atoms with E-state index in [9.17, 15) is 4.79 Å². The summed E-state index contributed by atoms with van der Waals surface area (Å²) in [6, 6.07) is 24.6. The van der Waals surface area contributed by atoms with Gasteiger partial charge in [-0.2, -0.15) is 11.8 Å². The van der Waals surface area contributed by atoms with Gasteiger partial charge in [0.25, 0.3) is 5.91 Å². The Labute approximate surface area is 152 Å². The van der Waals surface area contributed by atoms with Crippen molar-refractivity contribution in [1.82, 2.24) is 0 Å². The van der Waals surface area contributed by atoms with Gasteiger partial charge >= 0.3 is 0 Å². The van der Waals surface area contributed by atoms with Crippen molar-refractivity contribution in [2.45, 2.75) is 5.75 Å². The molecule has 0 unspecified atom stereocenters. The fourth-order valence-corrected chi connectivity index (χ4v) is 2.88. The third-order valence-electron chi connectivity index (χ3n) is 3.62. The largest absolute Gasteiger partial charge is 0.457 e. The van der Waals surface area contributed by atoms with Crippen LogP contribution in [0.3, 0.4) is 0 Å². The lowest BCUT2D eigenvalue weighted by Gasteiger charge is -2.08. The molecule has 0 bridgehead atoms. The average molecular weight is 349 g/mol. The van der Waals surface area contributed by atoms with Crippen molar-refractivity contribution in [3.8, 4) is 11.5 Å². The average Bonchev–Trinajstić information content (AvgIpc) is 2.65. The Balaban J connectivity index is 1.61. The molecule has 0 aliphatic carbocycles. The van der Waals surface area contributed by atoms with Crippen molar-refractivity contribution >= 4 is 23.4 Å². The topological polar surface area (TPSA) is 38.3 Å². The van der Waals surface area contributed by atoms with E-state index in [1.54, 1.807) is 11.8 Å². The monoisotopic (exact) mass is 349 g/mol. The molecule has 3 aromatic rings. The van der Waals surface area contributed by atoms with Crippen LogP contribution in [0.15, 0.2) is 78.9 Å². The molecule has 3 rings (SSSR count). The Morgan fingerprint density at radius 3 is 2.16 bits per heavy atom. The fourth-order valence-electron chi connectivity index (χ4n) is 2.35. The van der Waals surface area contributed by atoms with Gasteiger partial charge in [-0.05, 0) is 60.4 Å². The van der Waals surface area contributed by atoms with Crippen molar-refractivity contribution in [2.75, 3.05) is 11.6 Å². The minimum atomic E-state index is -0.118. The first-order chi connectivity index (χ1) is 12.2. The minimum absolute atomic E-state index is 0.118. The molecular formula is C21H19NO2S. The summed E-state index contributed by atoms with van der Waals surface area (Å²) in [6.45, 7) is 0. The Kier molecular flexibility index (Phi) is 5.75. The molecule has 0 saturated carbocycles. The summed E-state index contributed by atoms with van der Waals surface area (Å²) in [5.74, 6) is 2.34. The Bertz CT molecular complexity index is 815. The van der Waals surface area contributed by atoms with Crippen LogP contribution >= 0.6 is 11.8 Å². The summed E-state index contributed by atoms with van der Waals surface area (Å²) in [6.07, 6.45) is 2.06. The standard InChI is InChI=1S/C21H19NO2S/c1-25-15-16-7-9-17(10-8-16)21(23)22-18-11-13-20(14-12-18)24-19-5-3-2-4-6-19/h2-14H,15H2,1H3,(H,22,23). The van der Waals surface area contributed by atoms with E-state index in [1.165, 1.54) is 5.56 Å². The van der Waals surface area contributed by atoms with Crippen LogP contribution in [-0.2, 0) is 5.75 Å². The van der Waals surface area contributed by atoms with Crippen LogP contribution in [0.5, 0.6) is 11.5 Å². The minimum Gasteiger partial charge on any atom is -0.457 e. The summed E-state index contributed by atoms with van der Waals surface area (Å²) in [4.78, 5) is 12.3. The van der Waals surface area contributed by atoms with Gasteiger partial charge in [0.2, 0.25) is 0 Å². The zero-order chi connectivity index (χ0) is 17.5. The van der Waals surface area contributed by atoms with Crippen LogP contribution in [0.1, 0.15) is 15.9 Å². The second-order valence-corrected chi connectivity index (χ2v) is 6.39. The Hall–Kier alpha value is -2.72. The van der Waals surface area contributed by atoms with Crippen molar-refractivity contribution in [2.24, 2.45) is 0 Å². The van der Waals surface area contributed by atoms with Crippen LogP contribution in [0.25, 0.3) is 0 Å². The van der Waals surface area contributed by atoms with Crippen molar-refractivity contribution < 1.29 is 9.53 Å². The summed E-state index contributed by atoms with van der Waals surface area (Å²) in [5, 5.41) is 2.90. The highest BCUT2D eigenvalue weighted by Gasteiger charge is 2.06. The lowest BCUT2D eigenvalue weighted by Crippen LogP contribution is -2.11. The number of rotatable bonds is 6. The molecule has 0 saturated heterocycles. The molecule has 0 aliphatic rings. The van der Waals surface area contributed by atoms with Crippen LogP contribution in [0.2, 0.25) is 0 Å². The number of ether oxygens (including phenoxy) is 1. The number of thioether (sulfide) groups is 1. The van der Waals surface area contributed by atoms with Gasteiger partial charge < -0.3 is 10.1 Å². The van der Waals surface area contributed by atoms with Crippen LogP contribution in [0, 0.1) is 0 Å². The van der Waals surface area contributed by atoms with Crippen LogP contribution in [-0.4, -0.2) is 12.2 Å². The van der Waals surface area contributed by atoms with E-state index in [-0.39, 0.29) is 5.91 Å². The zero-order valence-corrected chi connectivity index (χ0v) is 14.8. The Morgan fingerprint density at radius 1 is 0.880 bits per heavy atom. The Morgan fingerprint density at radius 2 is 1.52 bits per heavy atom. The van der Waals surface area contributed by atoms with Crippen molar-refractivity contribution in [3.05, 3.63) is 90.0 Å². The molecule has 0 aromatic heterocycles. The number of anilines is 1. The number of hydrogen-bond donors (Lipinski definition) is 1. The van der Waals surface area contributed by atoms with Gasteiger partial charge in [-0.3, -0.25) is 4.79 Å². The molecule has 1 N–H and O–H groups in total. The van der Waals surface area contributed by atoms with Gasteiger partial charge in [-0.25, -0.2) is 0 Å². The van der Waals surface area contributed by atoms with Crippen molar-refractivity contribution in [1.29, 1.82) is 0 Å². The fraction of sp³-hybridized carbons (Fsp3) is 0.0952. The first-order valence-corrected chi connectivity index (χ1v) is 9.36. The van der Waals surface area contributed by atoms with Crippen LogP contribution in [0.4, 0.5) is 5.69 Å². The molecule has 0 atom stereocenters. The highest BCUT2D eigenvalue weighted by atomic mass is 32.2. The molecule has 1 amide bonds. The quantitative estimate of drug-likeness (QED) is 0.630. The summed E-state index contributed by atoms with van der Waals surface area (Å²) >= 11 is 1.76. The SMILES string of the molecule is CSCc1ccc(C(=O)Nc2ccc(Oc3ccccc3)cc2)cc1. The molecule has 0 fully saturated rings. The van der Waals surface area contributed by atoms with E-state index in [4.69, 9.17) is 4.74 Å². The predicted octanol–water partition coefficient (Wildman–Crippen LogP) is 5.59. The van der Waals surface area contributed by atoms with E-state index in [0.29, 0.717) is 5.56 Å². The van der Waals surface area contributed by atoms with E-state index in [2.05, 4.69) is 11.6 Å². The third-order valence-corrected chi connectivity index (χ3v) is 4.24. The maximum atomic E-state index is 12.3. The summed E-state index contributed by atoms with van der Waals surface area (Å²) < 4.78 is 5.74. The number of hydrogen-bond acceptors (Lipinski definition) is 3. The number of amides is 1. The molecule has 0 spiro atoms. The lowest BCUT2D eigenvalue weighted by molar-refractivity contribution is 0.102. The van der Waals surface area contributed by atoms with Gasteiger partial charge in [0.1, 0.15) is 11.5 Å². The zero-order valence-electron chi connectivity index (χ0n) is 13.9. The van der Waals surface area contributed by atoms with Gasteiger partial charge in [0.05, 0.1) is 0 Å². The summed E-state index contributed by atoms with van der Waals surface area (Å²) in [5.41, 5.74) is 2.60. The van der Waals surface area contributed by atoms with Gasteiger partial charge in [0, 0.05) is 17.0 Å². The maximum absolute atomic E-state index is 12.3. The van der Waals surface area contributed by atoms with Gasteiger partial charge in [-0.1, -0.05) is 30.3 Å². The molecule has 25 heavy (non-hydrogen) atoms. The van der Waals surface area contributed by atoms with E-state index in [0.717, 1.165) is 22.9 Å². The normalized spacial score (nSPS) is 10.3. The number of benzene rings is 3. The first kappa shape index (κ1) is 17.1. The molecule has 126 valence electrons. The second-order valence-electron chi connectivity index (χ2n) is 5.52. The number of carbonyl (C=O) groups excluding carboxylic acids is 1. The second kappa shape index (κ2) is 8.40. The van der Waals surface area contributed by atoms with E-state index in [1.807, 2.05) is 78.9 Å². The first-order valence-electron chi connectivity index (χ1n) is 7.97. The predicted molar refractivity (Wildman–Crippen MR) is 105 cm³/mol. The van der Waals surface area contributed by atoms with Crippen LogP contribution < -0.4 is 10.1 Å². The van der Waals surface area contributed by atoms with Gasteiger partial charge in [-0.15, -0.1) is 0 Å². The highest BCUT2D eigenvalue weighted by Crippen LogP contribution is 2.23. The van der Waals surface area contributed by atoms with E-state index < -0.39 is 0 Å². The smallest absolute Gasteiger partial charge is 0.255 e. The molecule has 3 nitrogen and oxygen atoms in total. The number of para-hydroxylation sites is 1. The highest BCUT2D eigenvalue weighted by molar-refractivity contribution is 7.97. The lowest BCUT2D eigenvalue weighted by atomic mass is 10.1. The number of nitrogens with one attached hydrogen (secondary N) is 1. The van der Waals surface area contributed by atoms with E-state index >= 15 is 0 Å². The van der Waals surface area contributed by atoms with Crippen molar-refractivity contribution in [3.63, 3.8) is 0 Å². The molecule has 0 radical (unpaired) electrons. The molecule has 0 aliphatic heterocycles. The maximum Gasteiger partial charge on any atom is 0.255 e. The molecule has 4 heteroatoms.